The number of aryl methyl sites for hydroxylation is 1. The summed E-state index contributed by atoms with van der Waals surface area (Å²) in [6, 6.07) is 7.61. The Kier molecular flexibility index (Phi) is 5.65. The molecule has 0 saturated carbocycles. The Morgan fingerprint density at radius 1 is 1.39 bits per heavy atom. The molecule has 4 heteroatoms. The van der Waals surface area contributed by atoms with E-state index < -0.39 is 0 Å². The minimum atomic E-state index is 0.0361. The van der Waals surface area contributed by atoms with Crippen LogP contribution in [0.15, 0.2) is 24.3 Å². The number of hydrogen-bond acceptors (Lipinski definition) is 3. The fraction of sp³-hybridized carbons (Fsp3) is 0.500. The molecule has 1 aromatic carbocycles. The Bertz CT molecular complexity index is 376. The molecule has 0 radical (unpaired) electrons. The fourth-order valence-electron chi connectivity index (χ4n) is 1.72. The SMILES string of the molecule is CNC(=O)CN(C)C(C)CCc1ccc(O)cc1. The Morgan fingerprint density at radius 3 is 2.56 bits per heavy atom. The zero-order valence-electron chi connectivity index (χ0n) is 11.3. The maximum absolute atomic E-state index is 11.3. The van der Waals surface area contributed by atoms with Crippen LogP contribution in [-0.2, 0) is 11.2 Å². The van der Waals surface area contributed by atoms with Crippen LogP contribution in [0.4, 0.5) is 0 Å². The van der Waals surface area contributed by atoms with E-state index in [9.17, 15) is 9.90 Å². The lowest BCUT2D eigenvalue weighted by Gasteiger charge is -2.23. The van der Waals surface area contributed by atoms with Gasteiger partial charge in [-0.25, -0.2) is 0 Å². The Morgan fingerprint density at radius 2 is 2.00 bits per heavy atom. The van der Waals surface area contributed by atoms with Crippen LogP contribution in [0.1, 0.15) is 18.9 Å². The number of phenols is 1. The van der Waals surface area contributed by atoms with Crippen molar-refractivity contribution >= 4 is 5.91 Å². The number of aromatic hydroxyl groups is 1. The van der Waals surface area contributed by atoms with Crippen molar-refractivity contribution in [2.75, 3.05) is 20.6 Å². The van der Waals surface area contributed by atoms with E-state index in [1.807, 2.05) is 24.1 Å². The molecule has 1 rings (SSSR count). The van der Waals surface area contributed by atoms with Gasteiger partial charge in [-0.15, -0.1) is 0 Å². The molecule has 0 aliphatic heterocycles. The lowest BCUT2D eigenvalue weighted by atomic mass is 10.1. The largest absolute Gasteiger partial charge is 0.508 e. The summed E-state index contributed by atoms with van der Waals surface area (Å²) in [7, 11) is 3.61. The van der Waals surface area contributed by atoms with Crippen LogP contribution >= 0.6 is 0 Å². The highest BCUT2D eigenvalue weighted by Gasteiger charge is 2.12. The highest BCUT2D eigenvalue weighted by molar-refractivity contribution is 5.77. The third-order valence-electron chi connectivity index (χ3n) is 3.21. The molecule has 1 aromatic rings. The maximum Gasteiger partial charge on any atom is 0.233 e. The van der Waals surface area contributed by atoms with Crippen molar-refractivity contribution in [2.45, 2.75) is 25.8 Å². The number of carbonyl (C=O) groups is 1. The second-order valence-electron chi connectivity index (χ2n) is 4.64. The van der Waals surface area contributed by atoms with Gasteiger partial charge in [0.25, 0.3) is 0 Å². The van der Waals surface area contributed by atoms with Crippen molar-refractivity contribution in [3.63, 3.8) is 0 Å². The molecule has 0 saturated heterocycles. The van der Waals surface area contributed by atoms with E-state index in [4.69, 9.17) is 0 Å². The zero-order valence-corrected chi connectivity index (χ0v) is 11.3. The number of hydrogen-bond donors (Lipinski definition) is 2. The van der Waals surface area contributed by atoms with E-state index in [1.165, 1.54) is 5.56 Å². The van der Waals surface area contributed by atoms with E-state index >= 15 is 0 Å². The maximum atomic E-state index is 11.3. The van der Waals surface area contributed by atoms with Gasteiger partial charge in [0, 0.05) is 13.1 Å². The molecule has 2 N–H and O–H groups in total. The second-order valence-corrected chi connectivity index (χ2v) is 4.64. The average Bonchev–Trinajstić information content (AvgIpc) is 2.37. The third-order valence-corrected chi connectivity index (χ3v) is 3.21. The molecule has 1 amide bonds. The van der Waals surface area contributed by atoms with Gasteiger partial charge >= 0.3 is 0 Å². The number of rotatable bonds is 6. The van der Waals surface area contributed by atoms with Crippen molar-refractivity contribution in [2.24, 2.45) is 0 Å². The van der Waals surface area contributed by atoms with Gasteiger partial charge in [-0.3, -0.25) is 9.69 Å². The van der Waals surface area contributed by atoms with Gasteiger partial charge in [0.1, 0.15) is 5.75 Å². The summed E-state index contributed by atoms with van der Waals surface area (Å²) in [5, 5.41) is 11.8. The molecule has 1 atom stereocenters. The van der Waals surface area contributed by atoms with Crippen LogP contribution in [0.3, 0.4) is 0 Å². The smallest absolute Gasteiger partial charge is 0.233 e. The number of nitrogens with zero attached hydrogens (tertiary/aromatic N) is 1. The summed E-state index contributed by atoms with van der Waals surface area (Å²) < 4.78 is 0. The van der Waals surface area contributed by atoms with Gasteiger partial charge in [-0.2, -0.15) is 0 Å². The Hall–Kier alpha value is -1.55. The summed E-state index contributed by atoms with van der Waals surface area (Å²) >= 11 is 0. The van der Waals surface area contributed by atoms with Crippen molar-refractivity contribution < 1.29 is 9.90 Å². The molecule has 4 nitrogen and oxygen atoms in total. The fourth-order valence-corrected chi connectivity index (χ4v) is 1.72. The standard InChI is InChI=1S/C14H22N2O2/c1-11(16(3)10-14(18)15-2)4-5-12-6-8-13(17)9-7-12/h6-9,11,17H,4-5,10H2,1-3H3,(H,15,18). The summed E-state index contributed by atoms with van der Waals surface area (Å²) in [5.74, 6) is 0.331. The molecular weight excluding hydrogens is 228 g/mol. The number of likely N-dealkylation sites (N-methyl/N-ethyl adjacent to an activating group) is 2. The molecule has 0 heterocycles. The molecule has 0 bridgehead atoms. The molecule has 0 spiro atoms. The van der Waals surface area contributed by atoms with Gasteiger partial charge in [-0.1, -0.05) is 12.1 Å². The number of benzene rings is 1. The molecule has 18 heavy (non-hydrogen) atoms. The summed E-state index contributed by atoms with van der Waals surface area (Å²) in [6.07, 6.45) is 1.93. The molecule has 100 valence electrons. The first-order valence-corrected chi connectivity index (χ1v) is 6.21. The van der Waals surface area contributed by atoms with E-state index in [-0.39, 0.29) is 5.91 Å². The quantitative estimate of drug-likeness (QED) is 0.802. The molecule has 0 aromatic heterocycles. The number of amides is 1. The van der Waals surface area contributed by atoms with Crippen LogP contribution < -0.4 is 5.32 Å². The summed E-state index contributed by atoms with van der Waals surface area (Å²) in [5.41, 5.74) is 1.20. The summed E-state index contributed by atoms with van der Waals surface area (Å²) in [6.45, 7) is 2.54. The topological polar surface area (TPSA) is 52.6 Å². The first-order valence-electron chi connectivity index (χ1n) is 6.21. The average molecular weight is 250 g/mol. The van der Waals surface area contributed by atoms with Crippen molar-refractivity contribution in [3.8, 4) is 5.75 Å². The predicted octanol–water partition coefficient (Wildman–Crippen LogP) is 1.39. The van der Waals surface area contributed by atoms with Crippen LogP contribution in [-0.4, -0.2) is 42.6 Å². The van der Waals surface area contributed by atoms with E-state index in [0.717, 1.165) is 12.8 Å². The minimum absolute atomic E-state index is 0.0361. The molecular formula is C14H22N2O2. The van der Waals surface area contributed by atoms with Gasteiger partial charge in [0.15, 0.2) is 0 Å². The molecule has 1 unspecified atom stereocenters. The van der Waals surface area contributed by atoms with Gasteiger partial charge in [0.05, 0.1) is 6.54 Å². The lowest BCUT2D eigenvalue weighted by Crippen LogP contribution is -2.38. The lowest BCUT2D eigenvalue weighted by molar-refractivity contribution is -0.121. The zero-order chi connectivity index (χ0) is 13.5. The second kappa shape index (κ2) is 7.01. The number of carbonyl (C=O) groups excluding carboxylic acids is 1. The van der Waals surface area contributed by atoms with E-state index in [2.05, 4.69) is 12.2 Å². The van der Waals surface area contributed by atoms with Gasteiger partial charge < -0.3 is 10.4 Å². The monoisotopic (exact) mass is 250 g/mol. The highest BCUT2D eigenvalue weighted by Crippen LogP contribution is 2.13. The van der Waals surface area contributed by atoms with Crippen molar-refractivity contribution in [1.29, 1.82) is 0 Å². The third kappa shape index (κ3) is 4.75. The van der Waals surface area contributed by atoms with Gasteiger partial charge in [-0.05, 0) is 44.5 Å². The predicted molar refractivity (Wildman–Crippen MR) is 72.6 cm³/mol. The van der Waals surface area contributed by atoms with E-state index in [1.54, 1.807) is 19.2 Å². The van der Waals surface area contributed by atoms with Crippen LogP contribution in [0, 0.1) is 0 Å². The number of nitrogens with one attached hydrogen (secondary N) is 1. The molecule has 0 aliphatic carbocycles. The van der Waals surface area contributed by atoms with Crippen molar-refractivity contribution in [3.05, 3.63) is 29.8 Å². The highest BCUT2D eigenvalue weighted by atomic mass is 16.3. The molecule has 0 aliphatic rings. The Balaban J connectivity index is 2.38. The van der Waals surface area contributed by atoms with Crippen LogP contribution in [0.5, 0.6) is 5.75 Å². The Labute approximate surface area is 109 Å². The summed E-state index contributed by atoms with van der Waals surface area (Å²) in [4.78, 5) is 13.3. The van der Waals surface area contributed by atoms with Crippen LogP contribution in [0.2, 0.25) is 0 Å². The van der Waals surface area contributed by atoms with E-state index in [0.29, 0.717) is 18.3 Å². The number of phenolic OH excluding ortho intramolecular Hbond substituents is 1. The van der Waals surface area contributed by atoms with Crippen LogP contribution in [0.25, 0.3) is 0 Å². The first kappa shape index (κ1) is 14.5. The normalized spacial score (nSPS) is 12.4. The minimum Gasteiger partial charge on any atom is -0.508 e. The van der Waals surface area contributed by atoms with Gasteiger partial charge in [0.2, 0.25) is 5.91 Å². The van der Waals surface area contributed by atoms with Crippen molar-refractivity contribution in [1.82, 2.24) is 10.2 Å². The first-order chi connectivity index (χ1) is 8.52. The molecule has 0 fully saturated rings.